The second-order valence-electron chi connectivity index (χ2n) is 5.36. The molecule has 0 saturated heterocycles. The van der Waals surface area contributed by atoms with E-state index in [4.69, 9.17) is 23.8 Å². The molecule has 0 spiro atoms. The maximum atomic E-state index is 12.1. The SMILES string of the molecule is CN(C)S(=O)(=O)c1ccc(C(=O)NNC(=S)Nc2cccc(Cl)c2)cc1. The molecule has 0 radical (unpaired) electrons. The van der Waals surface area contributed by atoms with Gasteiger partial charge in [-0.2, -0.15) is 0 Å². The van der Waals surface area contributed by atoms with Gasteiger partial charge in [0.15, 0.2) is 5.11 Å². The summed E-state index contributed by atoms with van der Waals surface area (Å²) in [5.41, 5.74) is 5.94. The van der Waals surface area contributed by atoms with E-state index >= 15 is 0 Å². The van der Waals surface area contributed by atoms with Gasteiger partial charge >= 0.3 is 0 Å². The number of carbonyl (C=O) groups excluding carboxylic acids is 1. The Kier molecular flexibility index (Phi) is 6.54. The normalized spacial score (nSPS) is 11.1. The Bertz CT molecular complexity index is 915. The molecule has 0 aliphatic carbocycles. The average Bonchev–Trinajstić information content (AvgIpc) is 2.59. The molecule has 3 N–H and O–H groups in total. The van der Waals surface area contributed by atoms with E-state index in [9.17, 15) is 13.2 Å². The lowest BCUT2D eigenvalue weighted by molar-refractivity contribution is 0.0944. The molecule has 0 aliphatic rings. The van der Waals surface area contributed by atoms with Crippen molar-refractivity contribution in [3.63, 3.8) is 0 Å². The van der Waals surface area contributed by atoms with Gasteiger partial charge in [-0.25, -0.2) is 12.7 Å². The number of thiocarbonyl (C=S) groups is 1. The Morgan fingerprint density at radius 1 is 1.08 bits per heavy atom. The van der Waals surface area contributed by atoms with Crippen LogP contribution in [0.3, 0.4) is 0 Å². The van der Waals surface area contributed by atoms with E-state index in [2.05, 4.69) is 16.2 Å². The molecule has 0 bridgehead atoms. The van der Waals surface area contributed by atoms with Gasteiger partial charge in [-0.1, -0.05) is 17.7 Å². The van der Waals surface area contributed by atoms with Crippen molar-refractivity contribution in [2.24, 2.45) is 0 Å². The monoisotopic (exact) mass is 412 g/mol. The molecule has 0 heterocycles. The highest BCUT2D eigenvalue weighted by atomic mass is 35.5. The topological polar surface area (TPSA) is 90.5 Å². The molecule has 138 valence electrons. The highest BCUT2D eigenvalue weighted by Gasteiger charge is 2.17. The van der Waals surface area contributed by atoms with Gasteiger partial charge in [0, 0.05) is 30.4 Å². The van der Waals surface area contributed by atoms with Gasteiger partial charge in [0.1, 0.15) is 0 Å². The molecule has 0 saturated carbocycles. The zero-order valence-corrected chi connectivity index (χ0v) is 16.4. The Balaban J connectivity index is 1.94. The Hall–Kier alpha value is -2.20. The van der Waals surface area contributed by atoms with Crippen molar-refractivity contribution in [1.82, 2.24) is 15.2 Å². The fraction of sp³-hybridized carbons (Fsp3) is 0.125. The van der Waals surface area contributed by atoms with E-state index in [1.807, 2.05) is 0 Å². The highest BCUT2D eigenvalue weighted by molar-refractivity contribution is 7.89. The van der Waals surface area contributed by atoms with Crippen molar-refractivity contribution in [3.8, 4) is 0 Å². The van der Waals surface area contributed by atoms with Gasteiger partial charge in [0.2, 0.25) is 10.0 Å². The molecular weight excluding hydrogens is 396 g/mol. The minimum absolute atomic E-state index is 0.102. The lowest BCUT2D eigenvalue weighted by Gasteiger charge is -2.13. The van der Waals surface area contributed by atoms with Crippen molar-refractivity contribution in [1.29, 1.82) is 0 Å². The largest absolute Gasteiger partial charge is 0.331 e. The van der Waals surface area contributed by atoms with Crippen molar-refractivity contribution in [2.75, 3.05) is 19.4 Å². The molecule has 7 nitrogen and oxygen atoms in total. The summed E-state index contributed by atoms with van der Waals surface area (Å²) in [7, 11) is -0.662. The van der Waals surface area contributed by atoms with E-state index in [1.54, 1.807) is 24.3 Å². The Morgan fingerprint density at radius 2 is 1.73 bits per heavy atom. The van der Waals surface area contributed by atoms with E-state index in [-0.39, 0.29) is 15.6 Å². The lowest BCUT2D eigenvalue weighted by Crippen LogP contribution is -2.43. The number of amides is 1. The zero-order chi connectivity index (χ0) is 19.3. The first kappa shape index (κ1) is 20.1. The third-order valence-electron chi connectivity index (χ3n) is 3.27. The minimum Gasteiger partial charge on any atom is -0.331 e. The number of halogens is 1. The number of nitrogens with zero attached hydrogens (tertiary/aromatic N) is 1. The van der Waals surface area contributed by atoms with Crippen LogP contribution in [0.15, 0.2) is 53.4 Å². The van der Waals surface area contributed by atoms with Crippen LogP contribution in [0, 0.1) is 0 Å². The molecule has 0 aliphatic heterocycles. The summed E-state index contributed by atoms with van der Waals surface area (Å²) in [5, 5.41) is 3.59. The minimum atomic E-state index is -3.54. The lowest BCUT2D eigenvalue weighted by atomic mass is 10.2. The Morgan fingerprint density at radius 3 is 2.31 bits per heavy atom. The molecule has 0 fully saturated rings. The molecule has 0 atom stereocenters. The van der Waals surface area contributed by atoms with E-state index in [0.29, 0.717) is 10.7 Å². The molecule has 2 aromatic rings. The van der Waals surface area contributed by atoms with E-state index < -0.39 is 15.9 Å². The van der Waals surface area contributed by atoms with E-state index in [1.165, 1.54) is 38.4 Å². The maximum Gasteiger partial charge on any atom is 0.269 e. The van der Waals surface area contributed by atoms with Crippen LogP contribution in [0.5, 0.6) is 0 Å². The smallest absolute Gasteiger partial charge is 0.269 e. The summed E-state index contributed by atoms with van der Waals surface area (Å²) in [6.45, 7) is 0. The second kappa shape index (κ2) is 8.45. The van der Waals surface area contributed by atoms with Crippen molar-refractivity contribution >= 4 is 50.5 Å². The number of anilines is 1. The number of nitrogens with one attached hydrogen (secondary N) is 3. The summed E-state index contributed by atoms with van der Waals surface area (Å²) in [4.78, 5) is 12.2. The zero-order valence-electron chi connectivity index (χ0n) is 14.0. The standard InChI is InChI=1S/C16H17ClN4O3S2/c1-21(2)26(23,24)14-8-6-11(7-9-14)15(22)19-20-16(25)18-13-5-3-4-12(17)10-13/h3-10H,1-2H3,(H,19,22)(H2,18,20,25). The average molecular weight is 413 g/mol. The number of hydrogen-bond donors (Lipinski definition) is 3. The quantitative estimate of drug-likeness (QED) is 0.527. The predicted molar refractivity (Wildman–Crippen MR) is 106 cm³/mol. The van der Waals surface area contributed by atoms with Crippen LogP contribution in [0.2, 0.25) is 5.02 Å². The summed E-state index contributed by atoms with van der Waals surface area (Å²) < 4.78 is 25.1. The first-order valence-electron chi connectivity index (χ1n) is 7.35. The van der Waals surface area contributed by atoms with E-state index in [0.717, 1.165) is 4.31 Å². The molecule has 0 unspecified atom stereocenters. The summed E-state index contributed by atoms with van der Waals surface area (Å²) in [6, 6.07) is 12.5. The van der Waals surface area contributed by atoms with Crippen LogP contribution in [0.1, 0.15) is 10.4 Å². The third-order valence-corrected chi connectivity index (χ3v) is 5.54. The number of rotatable bonds is 4. The third kappa shape index (κ3) is 5.15. The summed E-state index contributed by atoms with van der Waals surface area (Å²) in [6.07, 6.45) is 0. The fourth-order valence-corrected chi connectivity index (χ4v) is 3.16. The van der Waals surface area contributed by atoms with Gasteiger partial charge in [-0.15, -0.1) is 0 Å². The summed E-state index contributed by atoms with van der Waals surface area (Å²) in [5.74, 6) is -0.464. The molecule has 10 heteroatoms. The van der Waals surface area contributed by atoms with Crippen LogP contribution in [0.4, 0.5) is 5.69 Å². The second-order valence-corrected chi connectivity index (χ2v) is 8.35. The molecular formula is C16H17ClN4O3S2. The van der Waals surface area contributed by atoms with Crippen LogP contribution in [-0.4, -0.2) is 37.8 Å². The van der Waals surface area contributed by atoms with Crippen molar-refractivity contribution in [3.05, 3.63) is 59.1 Å². The van der Waals surface area contributed by atoms with Gasteiger partial charge in [-0.05, 0) is 54.7 Å². The first-order valence-corrected chi connectivity index (χ1v) is 9.58. The van der Waals surface area contributed by atoms with Crippen LogP contribution in [-0.2, 0) is 10.0 Å². The number of hydrogen-bond acceptors (Lipinski definition) is 4. The molecule has 1 amide bonds. The molecule has 2 rings (SSSR count). The van der Waals surface area contributed by atoms with Gasteiger partial charge in [0.25, 0.3) is 5.91 Å². The van der Waals surface area contributed by atoms with Crippen molar-refractivity contribution in [2.45, 2.75) is 4.90 Å². The maximum absolute atomic E-state index is 12.1. The fourth-order valence-electron chi connectivity index (χ4n) is 1.90. The highest BCUT2D eigenvalue weighted by Crippen LogP contribution is 2.15. The number of benzene rings is 2. The van der Waals surface area contributed by atoms with Crippen LogP contribution in [0.25, 0.3) is 0 Å². The van der Waals surface area contributed by atoms with Crippen molar-refractivity contribution < 1.29 is 13.2 Å². The molecule has 26 heavy (non-hydrogen) atoms. The number of carbonyl (C=O) groups is 1. The molecule has 2 aromatic carbocycles. The van der Waals surface area contributed by atoms with Gasteiger partial charge < -0.3 is 5.32 Å². The van der Waals surface area contributed by atoms with Gasteiger partial charge in [-0.3, -0.25) is 15.6 Å². The van der Waals surface area contributed by atoms with Crippen LogP contribution < -0.4 is 16.2 Å². The summed E-state index contributed by atoms with van der Waals surface area (Å²) >= 11 is 11.0. The first-order chi connectivity index (χ1) is 12.2. The molecule has 0 aromatic heterocycles. The van der Waals surface area contributed by atoms with Crippen LogP contribution >= 0.6 is 23.8 Å². The van der Waals surface area contributed by atoms with Gasteiger partial charge in [0.05, 0.1) is 4.90 Å². The number of hydrazine groups is 1. The Labute approximate surface area is 162 Å². The predicted octanol–water partition coefficient (Wildman–Crippen LogP) is 2.22. The number of sulfonamides is 1.